The highest BCUT2D eigenvalue weighted by Gasteiger charge is 2.16. The van der Waals surface area contributed by atoms with Crippen LogP contribution in [0.2, 0.25) is 0 Å². The number of hydrogen-bond acceptors (Lipinski definition) is 2. The van der Waals surface area contributed by atoms with E-state index in [0.717, 1.165) is 5.56 Å². The third kappa shape index (κ3) is 4.60. The van der Waals surface area contributed by atoms with Gasteiger partial charge in [0.25, 0.3) is 0 Å². The number of carbonyl (C=O) groups excluding carboxylic acids is 1. The molecule has 0 fully saturated rings. The van der Waals surface area contributed by atoms with Gasteiger partial charge in [-0.3, -0.25) is 5.32 Å². The predicted octanol–water partition coefficient (Wildman–Crippen LogP) is 3.41. The fourth-order valence-corrected chi connectivity index (χ4v) is 1.25. The molecule has 0 aromatic heterocycles. The van der Waals surface area contributed by atoms with Crippen molar-refractivity contribution in [2.75, 3.05) is 5.32 Å². The Bertz CT molecular complexity index is 461. The summed E-state index contributed by atoms with van der Waals surface area (Å²) in [5, 5.41) is 2.69. The molecule has 3 nitrogen and oxygen atoms in total. The number of hydrogen-bond donors (Lipinski definition) is 1. The summed E-state index contributed by atoms with van der Waals surface area (Å²) in [6.07, 6.45) is -0.470. The number of nitrogens with one attached hydrogen (secondary N) is 1. The molecule has 0 saturated carbocycles. The lowest BCUT2D eigenvalue weighted by atomic mass is 10.2. The molecule has 90 valence electrons. The molecule has 0 bridgehead atoms. The molecule has 1 N–H and O–H groups in total. The molecule has 0 heterocycles. The number of anilines is 1. The highest BCUT2D eigenvalue weighted by atomic mass is 16.6. The number of amides is 1. The molecule has 1 rings (SSSR count). The molecule has 0 spiro atoms. The number of rotatable bonds is 1. The Kier molecular flexibility index (Phi) is 4.17. The minimum absolute atomic E-state index is 0.470. The van der Waals surface area contributed by atoms with Gasteiger partial charge in [-0.1, -0.05) is 18.1 Å². The molecule has 0 radical (unpaired) electrons. The van der Waals surface area contributed by atoms with Gasteiger partial charge in [-0.25, -0.2) is 4.79 Å². The van der Waals surface area contributed by atoms with Crippen LogP contribution in [0.5, 0.6) is 0 Å². The van der Waals surface area contributed by atoms with Gasteiger partial charge in [0, 0.05) is 5.56 Å². The molecule has 17 heavy (non-hydrogen) atoms. The SMILES string of the molecule is CC#Cc1ccccc1NC(=O)OC(C)(C)C. The van der Waals surface area contributed by atoms with E-state index in [2.05, 4.69) is 17.2 Å². The van der Waals surface area contributed by atoms with Gasteiger partial charge >= 0.3 is 6.09 Å². The lowest BCUT2D eigenvalue weighted by Crippen LogP contribution is -2.27. The highest BCUT2D eigenvalue weighted by Crippen LogP contribution is 2.15. The van der Waals surface area contributed by atoms with Crippen LogP contribution >= 0.6 is 0 Å². The van der Waals surface area contributed by atoms with Gasteiger partial charge in [0.15, 0.2) is 0 Å². The third-order valence-corrected chi connectivity index (χ3v) is 1.82. The Morgan fingerprint density at radius 2 is 1.94 bits per heavy atom. The van der Waals surface area contributed by atoms with Gasteiger partial charge in [0.1, 0.15) is 5.60 Å². The fraction of sp³-hybridized carbons (Fsp3) is 0.357. The quantitative estimate of drug-likeness (QED) is 0.752. The standard InChI is InChI=1S/C14H17NO2/c1-5-8-11-9-6-7-10-12(11)15-13(16)17-14(2,3)4/h6-7,9-10H,1-4H3,(H,15,16). The van der Waals surface area contributed by atoms with Crippen molar-refractivity contribution >= 4 is 11.8 Å². The Balaban J connectivity index is 2.80. The Morgan fingerprint density at radius 3 is 2.53 bits per heavy atom. The zero-order chi connectivity index (χ0) is 12.9. The van der Waals surface area contributed by atoms with Gasteiger partial charge < -0.3 is 4.74 Å². The van der Waals surface area contributed by atoms with Crippen molar-refractivity contribution in [1.82, 2.24) is 0 Å². The number of benzene rings is 1. The Morgan fingerprint density at radius 1 is 1.29 bits per heavy atom. The van der Waals surface area contributed by atoms with Crippen molar-refractivity contribution in [3.05, 3.63) is 29.8 Å². The van der Waals surface area contributed by atoms with E-state index in [0.29, 0.717) is 5.69 Å². The zero-order valence-corrected chi connectivity index (χ0v) is 10.6. The van der Waals surface area contributed by atoms with Crippen LogP contribution in [0.25, 0.3) is 0 Å². The van der Waals surface area contributed by atoms with Crippen molar-refractivity contribution in [3.8, 4) is 11.8 Å². The van der Waals surface area contributed by atoms with E-state index in [1.807, 2.05) is 39.0 Å². The van der Waals surface area contributed by atoms with E-state index in [9.17, 15) is 4.79 Å². The van der Waals surface area contributed by atoms with Crippen LogP contribution in [0.3, 0.4) is 0 Å². The summed E-state index contributed by atoms with van der Waals surface area (Å²) in [6.45, 7) is 7.23. The summed E-state index contributed by atoms with van der Waals surface area (Å²) in [7, 11) is 0. The van der Waals surface area contributed by atoms with E-state index in [-0.39, 0.29) is 0 Å². The topological polar surface area (TPSA) is 38.3 Å². The van der Waals surface area contributed by atoms with Crippen LogP contribution in [0.15, 0.2) is 24.3 Å². The molecule has 0 aliphatic rings. The fourth-order valence-electron chi connectivity index (χ4n) is 1.25. The van der Waals surface area contributed by atoms with Crippen LogP contribution < -0.4 is 5.32 Å². The maximum absolute atomic E-state index is 11.6. The summed E-state index contributed by atoms with van der Waals surface area (Å²) in [4.78, 5) is 11.6. The minimum Gasteiger partial charge on any atom is -0.444 e. The molecule has 1 aromatic rings. The molecule has 0 saturated heterocycles. The Hall–Kier alpha value is -1.95. The van der Waals surface area contributed by atoms with Crippen LogP contribution in [0.1, 0.15) is 33.3 Å². The molecule has 1 aromatic carbocycles. The van der Waals surface area contributed by atoms with E-state index in [1.165, 1.54) is 0 Å². The maximum Gasteiger partial charge on any atom is 0.412 e. The van der Waals surface area contributed by atoms with Crippen molar-refractivity contribution in [2.24, 2.45) is 0 Å². The van der Waals surface area contributed by atoms with Crippen molar-refractivity contribution in [2.45, 2.75) is 33.3 Å². The monoisotopic (exact) mass is 231 g/mol. The number of para-hydroxylation sites is 1. The average Bonchev–Trinajstić information content (AvgIpc) is 2.18. The lowest BCUT2D eigenvalue weighted by molar-refractivity contribution is 0.0636. The first-order valence-electron chi connectivity index (χ1n) is 5.44. The van der Waals surface area contributed by atoms with Crippen molar-refractivity contribution < 1.29 is 9.53 Å². The normalized spacial score (nSPS) is 10.1. The van der Waals surface area contributed by atoms with Crippen LogP contribution in [0, 0.1) is 11.8 Å². The van der Waals surface area contributed by atoms with Crippen LogP contribution in [0.4, 0.5) is 10.5 Å². The van der Waals surface area contributed by atoms with Gasteiger partial charge in [-0.15, -0.1) is 5.92 Å². The first-order chi connectivity index (χ1) is 7.92. The van der Waals surface area contributed by atoms with Crippen molar-refractivity contribution in [1.29, 1.82) is 0 Å². The summed E-state index contributed by atoms with van der Waals surface area (Å²) in [6, 6.07) is 7.36. The molecule has 0 aliphatic carbocycles. The van der Waals surface area contributed by atoms with Gasteiger partial charge in [-0.05, 0) is 39.8 Å². The van der Waals surface area contributed by atoms with E-state index in [4.69, 9.17) is 4.74 Å². The lowest BCUT2D eigenvalue weighted by Gasteiger charge is -2.20. The maximum atomic E-state index is 11.6. The summed E-state index contributed by atoms with van der Waals surface area (Å²) < 4.78 is 5.18. The predicted molar refractivity (Wildman–Crippen MR) is 68.9 cm³/mol. The number of ether oxygens (including phenoxy) is 1. The Labute approximate surface area is 102 Å². The molecular weight excluding hydrogens is 214 g/mol. The van der Waals surface area contributed by atoms with Crippen LogP contribution in [-0.4, -0.2) is 11.7 Å². The smallest absolute Gasteiger partial charge is 0.412 e. The summed E-state index contributed by atoms with van der Waals surface area (Å²) in [5.74, 6) is 5.73. The van der Waals surface area contributed by atoms with E-state index < -0.39 is 11.7 Å². The molecule has 3 heteroatoms. The molecule has 0 unspecified atom stereocenters. The summed E-state index contributed by atoms with van der Waals surface area (Å²) >= 11 is 0. The first kappa shape index (κ1) is 13.1. The molecule has 0 atom stereocenters. The molecule has 1 amide bonds. The van der Waals surface area contributed by atoms with E-state index >= 15 is 0 Å². The van der Waals surface area contributed by atoms with E-state index in [1.54, 1.807) is 13.0 Å². The third-order valence-electron chi connectivity index (χ3n) is 1.82. The minimum atomic E-state index is -0.505. The second-order valence-corrected chi connectivity index (χ2v) is 4.55. The zero-order valence-electron chi connectivity index (χ0n) is 10.6. The summed E-state index contributed by atoms with van der Waals surface area (Å²) in [5.41, 5.74) is 0.937. The number of carbonyl (C=O) groups is 1. The van der Waals surface area contributed by atoms with Crippen molar-refractivity contribution in [3.63, 3.8) is 0 Å². The van der Waals surface area contributed by atoms with Gasteiger partial charge in [-0.2, -0.15) is 0 Å². The molecular formula is C14H17NO2. The average molecular weight is 231 g/mol. The largest absolute Gasteiger partial charge is 0.444 e. The highest BCUT2D eigenvalue weighted by molar-refractivity contribution is 5.86. The second-order valence-electron chi connectivity index (χ2n) is 4.55. The van der Waals surface area contributed by atoms with Gasteiger partial charge in [0.05, 0.1) is 5.69 Å². The second kappa shape index (κ2) is 5.40. The van der Waals surface area contributed by atoms with Crippen LogP contribution in [-0.2, 0) is 4.74 Å². The van der Waals surface area contributed by atoms with Gasteiger partial charge in [0.2, 0.25) is 0 Å². The molecule has 0 aliphatic heterocycles. The first-order valence-corrected chi connectivity index (χ1v) is 5.44.